The quantitative estimate of drug-likeness (QED) is 0.684. The molecule has 1 aromatic rings. The van der Waals surface area contributed by atoms with Gasteiger partial charge in [-0.25, -0.2) is 9.78 Å². The maximum absolute atomic E-state index is 10.5. The first kappa shape index (κ1) is 12.4. The summed E-state index contributed by atoms with van der Waals surface area (Å²) in [6.45, 7) is 0.753. The highest BCUT2D eigenvalue weighted by molar-refractivity contribution is 5.85. The number of nitrogens with zero attached hydrogens (tertiary/aromatic N) is 1. The standard InChI is InChI=1S/C11H15NO4/c13-6-2-1-3-7-16-9-4-5-10(11(14)15)12-8-9/h4-5,8,13H,1-3,6-7H2,(H,14,15). The highest BCUT2D eigenvalue weighted by Crippen LogP contribution is 2.10. The summed E-state index contributed by atoms with van der Waals surface area (Å²) >= 11 is 0. The van der Waals surface area contributed by atoms with Gasteiger partial charge in [0.05, 0.1) is 12.8 Å². The molecule has 1 heterocycles. The first-order valence-electron chi connectivity index (χ1n) is 5.17. The van der Waals surface area contributed by atoms with Gasteiger partial charge in [0.15, 0.2) is 0 Å². The highest BCUT2D eigenvalue weighted by Gasteiger charge is 2.03. The zero-order chi connectivity index (χ0) is 11.8. The van der Waals surface area contributed by atoms with Crippen LogP contribution in [-0.2, 0) is 0 Å². The Bertz CT molecular complexity index is 323. The smallest absolute Gasteiger partial charge is 0.354 e. The summed E-state index contributed by atoms with van der Waals surface area (Å²) in [4.78, 5) is 14.2. The lowest BCUT2D eigenvalue weighted by molar-refractivity contribution is 0.0690. The number of aromatic carboxylic acids is 1. The van der Waals surface area contributed by atoms with E-state index in [4.69, 9.17) is 14.9 Å². The number of carboxylic acids is 1. The first-order valence-corrected chi connectivity index (χ1v) is 5.17. The fraction of sp³-hybridized carbons (Fsp3) is 0.455. The van der Waals surface area contributed by atoms with Gasteiger partial charge in [-0.05, 0) is 31.4 Å². The predicted octanol–water partition coefficient (Wildman–Crippen LogP) is 1.32. The molecule has 0 bridgehead atoms. The van der Waals surface area contributed by atoms with Crippen LogP contribution in [0.25, 0.3) is 0 Å². The number of unbranched alkanes of at least 4 members (excludes halogenated alkanes) is 2. The Balaban J connectivity index is 2.29. The van der Waals surface area contributed by atoms with Crippen LogP contribution in [0.3, 0.4) is 0 Å². The van der Waals surface area contributed by atoms with Crippen LogP contribution in [0.4, 0.5) is 0 Å². The number of hydrogen-bond donors (Lipinski definition) is 2. The van der Waals surface area contributed by atoms with Crippen molar-refractivity contribution in [1.29, 1.82) is 0 Å². The van der Waals surface area contributed by atoms with Gasteiger partial charge in [0.25, 0.3) is 0 Å². The average molecular weight is 225 g/mol. The van der Waals surface area contributed by atoms with Gasteiger partial charge in [-0.1, -0.05) is 0 Å². The largest absolute Gasteiger partial charge is 0.492 e. The number of ether oxygens (including phenoxy) is 1. The van der Waals surface area contributed by atoms with Crippen LogP contribution in [0, 0.1) is 0 Å². The maximum atomic E-state index is 10.5. The normalized spacial score (nSPS) is 10.1. The number of aromatic nitrogens is 1. The van der Waals surface area contributed by atoms with Gasteiger partial charge in [0, 0.05) is 6.61 Å². The Morgan fingerprint density at radius 1 is 1.31 bits per heavy atom. The molecule has 2 N–H and O–H groups in total. The van der Waals surface area contributed by atoms with Gasteiger partial charge in [0.2, 0.25) is 0 Å². The second-order valence-corrected chi connectivity index (χ2v) is 3.32. The molecule has 1 rings (SSSR count). The summed E-state index contributed by atoms with van der Waals surface area (Å²) in [6.07, 6.45) is 3.95. The lowest BCUT2D eigenvalue weighted by Gasteiger charge is -2.05. The number of carboxylic acid groups (broad SMARTS) is 1. The lowest BCUT2D eigenvalue weighted by Crippen LogP contribution is -2.02. The molecule has 0 unspecified atom stereocenters. The number of hydrogen-bond acceptors (Lipinski definition) is 4. The van der Waals surface area contributed by atoms with Gasteiger partial charge in [-0.2, -0.15) is 0 Å². The monoisotopic (exact) mass is 225 g/mol. The summed E-state index contributed by atoms with van der Waals surface area (Å²) in [5.74, 6) is -0.483. The summed E-state index contributed by atoms with van der Waals surface area (Å²) < 4.78 is 5.35. The van der Waals surface area contributed by atoms with Crippen LogP contribution in [0.1, 0.15) is 29.8 Å². The molecule has 0 aliphatic carbocycles. The van der Waals surface area contributed by atoms with Crippen LogP contribution < -0.4 is 4.74 Å². The molecule has 0 saturated heterocycles. The van der Waals surface area contributed by atoms with Crippen molar-refractivity contribution in [2.45, 2.75) is 19.3 Å². The molecule has 5 heteroatoms. The third-order valence-electron chi connectivity index (χ3n) is 2.03. The molecule has 0 aliphatic rings. The van der Waals surface area contributed by atoms with Gasteiger partial charge in [-0.3, -0.25) is 0 Å². The zero-order valence-corrected chi connectivity index (χ0v) is 8.93. The third kappa shape index (κ3) is 4.27. The highest BCUT2D eigenvalue weighted by atomic mass is 16.5. The number of rotatable bonds is 7. The Hall–Kier alpha value is -1.62. The van der Waals surface area contributed by atoms with Gasteiger partial charge in [-0.15, -0.1) is 0 Å². The summed E-state index contributed by atoms with van der Waals surface area (Å²) in [7, 11) is 0. The number of aliphatic hydroxyl groups excluding tert-OH is 1. The molecule has 5 nitrogen and oxygen atoms in total. The van der Waals surface area contributed by atoms with Crippen molar-refractivity contribution in [3.63, 3.8) is 0 Å². The van der Waals surface area contributed by atoms with Crippen LogP contribution >= 0.6 is 0 Å². The molecular formula is C11H15NO4. The summed E-state index contributed by atoms with van der Waals surface area (Å²) in [5.41, 5.74) is 0.00707. The maximum Gasteiger partial charge on any atom is 0.354 e. The Morgan fingerprint density at radius 3 is 2.69 bits per heavy atom. The van der Waals surface area contributed by atoms with E-state index in [9.17, 15) is 4.79 Å². The van der Waals surface area contributed by atoms with E-state index in [1.807, 2.05) is 0 Å². The Kier molecular flexibility index (Phi) is 5.28. The molecule has 0 atom stereocenters. The molecule has 1 aromatic heterocycles. The summed E-state index contributed by atoms with van der Waals surface area (Å²) in [5, 5.41) is 17.2. The Morgan fingerprint density at radius 2 is 2.12 bits per heavy atom. The van der Waals surface area contributed by atoms with Crippen molar-refractivity contribution in [1.82, 2.24) is 4.98 Å². The topological polar surface area (TPSA) is 79.7 Å². The van der Waals surface area contributed by atoms with Crippen LogP contribution in [0.2, 0.25) is 0 Å². The number of aliphatic hydroxyl groups is 1. The van der Waals surface area contributed by atoms with E-state index in [0.29, 0.717) is 12.4 Å². The van der Waals surface area contributed by atoms with Crippen molar-refractivity contribution in [3.8, 4) is 5.75 Å². The van der Waals surface area contributed by atoms with Crippen molar-refractivity contribution in [2.24, 2.45) is 0 Å². The average Bonchev–Trinajstić information content (AvgIpc) is 2.29. The number of carbonyl (C=O) groups is 1. The number of pyridine rings is 1. The molecule has 88 valence electrons. The second kappa shape index (κ2) is 6.79. The molecule has 0 fully saturated rings. The molecule has 0 aliphatic heterocycles. The minimum absolute atomic E-state index is 0.00707. The zero-order valence-electron chi connectivity index (χ0n) is 8.93. The Labute approximate surface area is 93.7 Å². The molecule has 0 saturated carbocycles. The molecule has 0 aromatic carbocycles. The van der Waals surface area contributed by atoms with Crippen molar-refractivity contribution in [3.05, 3.63) is 24.0 Å². The molecule has 0 radical (unpaired) electrons. The van der Waals surface area contributed by atoms with Crippen molar-refractivity contribution < 1.29 is 19.7 Å². The second-order valence-electron chi connectivity index (χ2n) is 3.32. The van der Waals surface area contributed by atoms with Crippen LogP contribution in [-0.4, -0.2) is 34.4 Å². The van der Waals surface area contributed by atoms with E-state index in [2.05, 4.69) is 4.98 Å². The first-order chi connectivity index (χ1) is 7.74. The van der Waals surface area contributed by atoms with E-state index < -0.39 is 5.97 Å². The lowest BCUT2D eigenvalue weighted by atomic mass is 10.2. The third-order valence-corrected chi connectivity index (χ3v) is 2.03. The van der Waals surface area contributed by atoms with Gasteiger partial charge >= 0.3 is 5.97 Å². The van der Waals surface area contributed by atoms with E-state index in [0.717, 1.165) is 19.3 Å². The molecule has 0 amide bonds. The minimum atomic E-state index is -1.05. The SMILES string of the molecule is O=C(O)c1ccc(OCCCCCO)cn1. The molecule has 0 spiro atoms. The predicted molar refractivity (Wildman–Crippen MR) is 57.6 cm³/mol. The van der Waals surface area contributed by atoms with E-state index in [-0.39, 0.29) is 12.3 Å². The summed E-state index contributed by atoms with van der Waals surface area (Å²) in [6, 6.07) is 2.99. The fourth-order valence-corrected chi connectivity index (χ4v) is 1.17. The van der Waals surface area contributed by atoms with Crippen molar-refractivity contribution >= 4 is 5.97 Å². The molecular weight excluding hydrogens is 210 g/mol. The minimum Gasteiger partial charge on any atom is -0.492 e. The van der Waals surface area contributed by atoms with Crippen molar-refractivity contribution in [2.75, 3.05) is 13.2 Å². The fourth-order valence-electron chi connectivity index (χ4n) is 1.17. The van der Waals surface area contributed by atoms with E-state index >= 15 is 0 Å². The van der Waals surface area contributed by atoms with Gasteiger partial charge < -0.3 is 14.9 Å². The van der Waals surface area contributed by atoms with Crippen LogP contribution in [0.5, 0.6) is 5.75 Å². The molecule has 16 heavy (non-hydrogen) atoms. The van der Waals surface area contributed by atoms with Crippen LogP contribution in [0.15, 0.2) is 18.3 Å². The van der Waals surface area contributed by atoms with E-state index in [1.54, 1.807) is 6.07 Å². The van der Waals surface area contributed by atoms with Gasteiger partial charge in [0.1, 0.15) is 11.4 Å². The van der Waals surface area contributed by atoms with E-state index in [1.165, 1.54) is 12.3 Å².